The molecule has 41 heavy (non-hydrogen) atoms. The Bertz CT molecular complexity index is 530. The van der Waals surface area contributed by atoms with Gasteiger partial charge in [0.15, 0.2) is 0 Å². The van der Waals surface area contributed by atoms with Crippen LogP contribution in [0.4, 0.5) is 0 Å². The molecule has 0 fully saturated rings. The molecule has 0 aliphatic carbocycles. The highest BCUT2D eigenvalue weighted by atomic mass is 16.5. The maximum Gasteiger partial charge on any atom is 0.305 e. The third kappa shape index (κ3) is 31.7. The zero-order valence-corrected chi connectivity index (χ0v) is 28.3. The van der Waals surface area contributed by atoms with Gasteiger partial charge < -0.3 is 14.0 Å². The van der Waals surface area contributed by atoms with Gasteiger partial charge in [-0.15, -0.1) is 0 Å². The Balaban J connectivity index is 3.52. The Morgan fingerprint density at radius 2 is 0.659 bits per heavy atom. The predicted octanol–water partition coefficient (Wildman–Crippen LogP) is 10.3. The Hall–Kier alpha value is -1.10. The first kappa shape index (κ1) is 39.9. The molecule has 0 amide bonds. The number of quaternary nitrogens is 1. The minimum atomic E-state index is -0.0779. The van der Waals surface area contributed by atoms with E-state index in [4.69, 9.17) is 9.47 Å². The van der Waals surface area contributed by atoms with Gasteiger partial charge in [-0.1, -0.05) is 155 Å². The summed E-state index contributed by atoms with van der Waals surface area (Å²) in [7, 11) is 4.19. The Labute approximate surface area is 256 Å². The summed E-state index contributed by atoms with van der Waals surface area (Å²) in [4.78, 5) is 24.1. The highest BCUT2D eigenvalue weighted by molar-refractivity contribution is 5.69. The van der Waals surface area contributed by atoms with Crippen LogP contribution in [0.2, 0.25) is 0 Å². The van der Waals surface area contributed by atoms with E-state index in [1.807, 2.05) is 0 Å². The number of hydrogen-bond acceptors (Lipinski definition) is 4. The van der Waals surface area contributed by atoms with Crippen molar-refractivity contribution in [2.45, 2.75) is 181 Å². The SMILES string of the molecule is CCCCCCCCCCCCCCC(=O)OCC[N+](C)(C)CCOC(=O)CCCCCCCCCCCCCC. The lowest BCUT2D eigenvalue weighted by molar-refractivity contribution is -0.890. The maximum atomic E-state index is 12.1. The fourth-order valence-electron chi connectivity index (χ4n) is 5.29. The van der Waals surface area contributed by atoms with E-state index >= 15 is 0 Å². The number of esters is 2. The fourth-order valence-corrected chi connectivity index (χ4v) is 5.29. The molecule has 0 aliphatic rings. The highest BCUT2D eigenvalue weighted by Gasteiger charge is 2.17. The molecule has 0 aromatic rings. The van der Waals surface area contributed by atoms with Crippen LogP contribution in [0.1, 0.15) is 181 Å². The molecule has 0 aromatic carbocycles. The summed E-state index contributed by atoms with van der Waals surface area (Å²) in [5.74, 6) is -0.156. The average Bonchev–Trinajstić information content (AvgIpc) is 2.94. The van der Waals surface area contributed by atoms with E-state index in [-0.39, 0.29) is 11.9 Å². The maximum absolute atomic E-state index is 12.1. The van der Waals surface area contributed by atoms with Crippen LogP contribution in [-0.4, -0.2) is 56.8 Å². The van der Waals surface area contributed by atoms with Crippen molar-refractivity contribution in [3.05, 3.63) is 0 Å². The summed E-state index contributed by atoms with van der Waals surface area (Å²) in [6, 6.07) is 0. The normalized spacial score (nSPS) is 11.6. The van der Waals surface area contributed by atoms with Crippen molar-refractivity contribution in [2.24, 2.45) is 0 Å². The summed E-state index contributed by atoms with van der Waals surface area (Å²) in [6.45, 7) is 6.86. The van der Waals surface area contributed by atoms with Crippen LogP contribution in [-0.2, 0) is 19.1 Å². The number of likely N-dealkylation sites (N-methyl/N-ethyl adjacent to an activating group) is 1. The van der Waals surface area contributed by atoms with Crippen LogP contribution < -0.4 is 0 Å². The van der Waals surface area contributed by atoms with E-state index in [2.05, 4.69) is 27.9 Å². The number of carbonyl (C=O) groups excluding carboxylic acids is 2. The van der Waals surface area contributed by atoms with E-state index in [9.17, 15) is 9.59 Å². The zero-order valence-electron chi connectivity index (χ0n) is 28.3. The lowest BCUT2D eigenvalue weighted by Crippen LogP contribution is -2.45. The molecule has 0 atom stereocenters. The average molecular weight is 583 g/mol. The van der Waals surface area contributed by atoms with E-state index < -0.39 is 0 Å². The van der Waals surface area contributed by atoms with Crippen LogP contribution in [0.15, 0.2) is 0 Å². The van der Waals surface area contributed by atoms with Gasteiger partial charge in [-0.2, -0.15) is 0 Å². The Morgan fingerprint density at radius 1 is 0.415 bits per heavy atom. The van der Waals surface area contributed by atoms with Crippen molar-refractivity contribution in [3.8, 4) is 0 Å². The molecule has 0 saturated carbocycles. The van der Waals surface area contributed by atoms with Gasteiger partial charge in [-0.05, 0) is 12.8 Å². The Morgan fingerprint density at radius 3 is 0.927 bits per heavy atom. The minimum Gasteiger partial charge on any atom is -0.460 e. The summed E-state index contributed by atoms with van der Waals surface area (Å²) in [5, 5.41) is 0. The largest absolute Gasteiger partial charge is 0.460 e. The topological polar surface area (TPSA) is 52.6 Å². The summed E-state index contributed by atoms with van der Waals surface area (Å²) in [5.41, 5.74) is 0. The first-order chi connectivity index (χ1) is 19.9. The van der Waals surface area contributed by atoms with Gasteiger partial charge in [-0.25, -0.2) is 0 Å². The molecule has 5 heteroatoms. The molecular formula is C36H72NO4+. The van der Waals surface area contributed by atoms with Gasteiger partial charge in [-0.3, -0.25) is 9.59 Å². The second-order valence-electron chi connectivity index (χ2n) is 13.1. The van der Waals surface area contributed by atoms with Crippen molar-refractivity contribution in [3.63, 3.8) is 0 Å². The molecule has 0 rings (SSSR count). The van der Waals surface area contributed by atoms with Crippen LogP contribution in [0.3, 0.4) is 0 Å². The highest BCUT2D eigenvalue weighted by Crippen LogP contribution is 2.14. The summed E-state index contributed by atoms with van der Waals surface area (Å²) in [6.07, 6.45) is 32.2. The second kappa shape index (κ2) is 30.4. The van der Waals surface area contributed by atoms with Crippen LogP contribution in [0.25, 0.3) is 0 Å². The van der Waals surface area contributed by atoms with Gasteiger partial charge in [0, 0.05) is 12.8 Å². The number of carbonyl (C=O) groups is 2. The van der Waals surface area contributed by atoms with Crippen molar-refractivity contribution in [1.29, 1.82) is 0 Å². The molecule has 0 spiro atoms. The Kier molecular flexibility index (Phi) is 29.5. The fraction of sp³-hybridized carbons (Fsp3) is 0.944. The second-order valence-corrected chi connectivity index (χ2v) is 13.1. The lowest BCUT2D eigenvalue weighted by atomic mass is 10.0. The monoisotopic (exact) mass is 583 g/mol. The number of unbranched alkanes of at least 4 members (excludes halogenated alkanes) is 22. The van der Waals surface area contributed by atoms with E-state index in [1.165, 1.54) is 128 Å². The van der Waals surface area contributed by atoms with Crippen molar-refractivity contribution >= 4 is 11.9 Å². The molecule has 0 radical (unpaired) electrons. The number of nitrogens with zero attached hydrogens (tertiary/aromatic N) is 1. The molecular weight excluding hydrogens is 510 g/mol. The van der Waals surface area contributed by atoms with Gasteiger partial charge >= 0.3 is 11.9 Å². The van der Waals surface area contributed by atoms with Crippen LogP contribution in [0, 0.1) is 0 Å². The van der Waals surface area contributed by atoms with Crippen molar-refractivity contribution in [1.82, 2.24) is 0 Å². The molecule has 0 heterocycles. The molecule has 244 valence electrons. The third-order valence-electron chi connectivity index (χ3n) is 8.39. The van der Waals surface area contributed by atoms with Crippen LogP contribution >= 0.6 is 0 Å². The predicted molar refractivity (Wildman–Crippen MR) is 175 cm³/mol. The third-order valence-corrected chi connectivity index (χ3v) is 8.39. The van der Waals surface area contributed by atoms with Crippen molar-refractivity contribution in [2.75, 3.05) is 40.4 Å². The standard InChI is InChI=1S/C36H72NO4/c1-5-7-9-11-13-15-17-19-21-23-25-27-29-35(38)40-33-31-37(3,4)32-34-41-36(39)30-28-26-24-22-20-18-16-14-12-10-8-6-2/h5-34H2,1-4H3/q+1. The summed E-state index contributed by atoms with van der Waals surface area (Å²) < 4.78 is 11.6. The van der Waals surface area contributed by atoms with Gasteiger partial charge in [0.05, 0.1) is 14.1 Å². The molecule has 0 aromatic heterocycles. The quantitative estimate of drug-likeness (QED) is 0.0450. The van der Waals surface area contributed by atoms with Crippen molar-refractivity contribution < 1.29 is 23.5 Å². The molecule has 0 aliphatic heterocycles. The van der Waals surface area contributed by atoms with E-state index in [1.54, 1.807) is 0 Å². The first-order valence-electron chi connectivity index (χ1n) is 18.0. The van der Waals surface area contributed by atoms with Crippen LogP contribution in [0.5, 0.6) is 0 Å². The number of rotatable bonds is 32. The number of hydrogen-bond donors (Lipinski definition) is 0. The molecule has 0 saturated heterocycles. The molecule has 5 nitrogen and oxygen atoms in total. The van der Waals surface area contributed by atoms with Gasteiger partial charge in [0.2, 0.25) is 0 Å². The number of ether oxygens (including phenoxy) is 2. The lowest BCUT2D eigenvalue weighted by Gasteiger charge is -2.29. The van der Waals surface area contributed by atoms with E-state index in [0.29, 0.717) is 30.5 Å². The van der Waals surface area contributed by atoms with E-state index in [0.717, 1.165) is 38.8 Å². The molecule has 0 bridgehead atoms. The first-order valence-corrected chi connectivity index (χ1v) is 18.0. The summed E-state index contributed by atoms with van der Waals surface area (Å²) >= 11 is 0. The molecule has 0 unspecified atom stereocenters. The minimum absolute atomic E-state index is 0.0779. The smallest absolute Gasteiger partial charge is 0.305 e. The van der Waals surface area contributed by atoms with Gasteiger partial charge in [0.25, 0.3) is 0 Å². The van der Waals surface area contributed by atoms with Gasteiger partial charge in [0.1, 0.15) is 26.3 Å². The zero-order chi connectivity index (χ0) is 30.3. The molecule has 0 N–H and O–H groups in total.